The van der Waals surface area contributed by atoms with E-state index >= 15 is 0 Å². The Kier molecular flexibility index (Phi) is 21.9. The first kappa shape index (κ1) is 69.2. The summed E-state index contributed by atoms with van der Waals surface area (Å²) in [5.41, 5.74) is 21.9. The van der Waals surface area contributed by atoms with Crippen molar-refractivity contribution in [3.63, 3.8) is 0 Å². The summed E-state index contributed by atoms with van der Waals surface area (Å²) in [5.74, 6) is 2.34. The van der Waals surface area contributed by atoms with Gasteiger partial charge in [0.2, 0.25) is 0 Å². The van der Waals surface area contributed by atoms with E-state index in [4.69, 9.17) is 18.9 Å². The minimum absolute atomic E-state index is 0.184. The average molecular weight is 1350 g/mol. The number of hydrogen-bond acceptors (Lipinski definition) is 8. The number of benzene rings is 12. The Balaban J connectivity index is 1.17. The third-order valence-electron chi connectivity index (χ3n) is 18.7. The van der Waals surface area contributed by atoms with Crippen molar-refractivity contribution in [1.82, 2.24) is 0 Å². The molecule has 0 saturated carbocycles. The number of rotatable bonds is 20. The maximum atomic E-state index is 11.6. The van der Waals surface area contributed by atoms with Crippen LogP contribution in [0.15, 0.2) is 267 Å². The highest BCUT2D eigenvalue weighted by Crippen LogP contribution is 2.45. The molecule has 0 atom stereocenters. The van der Waals surface area contributed by atoms with Crippen molar-refractivity contribution in [2.24, 2.45) is 0 Å². The lowest BCUT2D eigenvalue weighted by Gasteiger charge is -2.25. The Hall–Kier alpha value is -13.2. The molecule has 8 bridgehead atoms. The van der Waals surface area contributed by atoms with Gasteiger partial charge in [-0.25, -0.2) is 0 Å². The summed E-state index contributed by atoms with van der Waals surface area (Å²) in [6, 6.07) is 99.9. The number of allylic oxidation sites excluding steroid dienone is 4. The molecular formula is C96H76N4O4. The van der Waals surface area contributed by atoms with Crippen molar-refractivity contribution >= 4 is 46.6 Å². The molecule has 0 aromatic heterocycles. The standard InChI is InChI=1S/C96H76N4O4/c1-65-25-33-69(34-26-65)41-89(57-97)77-45-81-53-83-47-78(90(58-98)42-70-35-27-66(2)28-36-70)49-85(94(83)102-62-74-19-11-6-12-20-74)55-87-51-80(92(60-100)44-72-39-31-68(4)32-40-72)52-88(96(87)104-64-76-23-15-8-16-24-76)56-86-50-79(91(59-99)43-71-37-29-67(3)30-38-71)48-84(95(86)103-63-75-21-13-7-14-22-75)54-82(46-77)93(81)101-61-73-17-9-5-10-18-73/h5-52H,53-56,61-64H2,1-4H3/b89-41-,90-42+,91-43+,92-44+. The van der Waals surface area contributed by atoms with Crippen molar-refractivity contribution < 1.29 is 18.9 Å². The van der Waals surface area contributed by atoms with Gasteiger partial charge >= 0.3 is 0 Å². The molecule has 12 aromatic carbocycles. The molecule has 0 N–H and O–H groups in total. The van der Waals surface area contributed by atoms with Crippen molar-refractivity contribution in [2.75, 3.05) is 0 Å². The fraction of sp³-hybridized carbons (Fsp3) is 0.125. The molecule has 0 radical (unpaired) electrons. The third-order valence-corrected chi connectivity index (χ3v) is 18.7. The van der Waals surface area contributed by atoms with Crippen LogP contribution in [-0.2, 0) is 52.1 Å². The molecule has 1 aliphatic carbocycles. The number of fused-ring (bicyclic) bond motifs is 8. The van der Waals surface area contributed by atoms with Crippen LogP contribution in [0.3, 0.4) is 0 Å². The third kappa shape index (κ3) is 17.3. The number of hydrogen-bond donors (Lipinski definition) is 0. The zero-order valence-corrected chi connectivity index (χ0v) is 58.8. The second kappa shape index (κ2) is 32.8. The maximum absolute atomic E-state index is 11.6. The normalized spacial score (nSPS) is 12.2. The van der Waals surface area contributed by atoms with E-state index in [1.54, 1.807) is 0 Å². The Morgan fingerprint density at radius 1 is 0.260 bits per heavy atom. The van der Waals surface area contributed by atoms with E-state index in [1.807, 2.05) is 270 Å². The minimum Gasteiger partial charge on any atom is -0.488 e. The largest absolute Gasteiger partial charge is 0.488 e. The van der Waals surface area contributed by atoms with Crippen LogP contribution in [-0.4, -0.2) is 0 Å². The van der Waals surface area contributed by atoms with Gasteiger partial charge in [0.15, 0.2) is 0 Å². The molecular weight excluding hydrogens is 1270 g/mol. The predicted molar refractivity (Wildman–Crippen MR) is 419 cm³/mol. The van der Waals surface area contributed by atoms with Crippen molar-refractivity contribution in [3.8, 4) is 47.3 Å². The number of aryl methyl sites for hydroxylation is 4. The summed E-state index contributed by atoms with van der Waals surface area (Å²) in [6.45, 7) is 8.95. The van der Waals surface area contributed by atoms with Gasteiger partial charge in [0, 0.05) is 25.7 Å². The molecule has 0 heterocycles. The Morgan fingerprint density at radius 3 is 0.596 bits per heavy atom. The molecule has 0 saturated heterocycles. The summed E-state index contributed by atoms with van der Waals surface area (Å²) >= 11 is 0. The molecule has 0 unspecified atom stereocenters. The maximum Gasteiger partial charge on any atom is 0.126 e. The van der Waals surface area contributed by atoms with Crippen molar-refractivity contribution in [2.45, 2.75) is 79.8 Å². The lowest BCUT2D eigenvalue weighted by Crippen LogP contribution is -2.11. The van der Waals surface area contributed by atoms with Crippen LogP contribution in [0.2, 0.25) is 0 Å². The van der Waals surface area contributed by atoms with E-state index in [0.29, 0.717) is 67.5 Å². The number of ether oxygens (including phenoxy) is 4. The van der Waals surface area contributed by atoms with Crippen LogP contribution in [0.25, 0.3) is 46.6 Å². The van der Waals surface area contributed by atoms with Crippen LogP contribution < -0.4 is 18.9 Å². The molecule has 0 fully saturated rings. The minimum atomic E-state index is 0.184. The van der Waals surface area contributed by atoms with Crippen LogP contribution in [0.4, 0.5) is 0 Å². The highest BCUT2D eigenvalue weighted by molar-refractivity contribution is 5.94. The first-order valence-electron chi connectivity index (χ1n) is 35.0. The zero-order valence-electron chi connectivity index (χ0n) is 58.8. The van der Waals surface area contributed by atoms with Gasteiger partial charge in [-0.2, -0.15) is 21.0 Å². The molecule has 8 heteroatoms. The van der Waals surface area contributed by atoms with Crippen LogP contribution in [0.1, 0.15) is 134 Å². The van der Waals surface area contributed by atoms with Gasteiger partial charge in [0.05, 0.1) is 46.6 Å². The van der Waals surface area contributed by atoms with E-state index in [-0.39, 0.29) is 52.1 Å². The zero-order chi connectivity index (χ0) is 71.7. The Labute approximate surface area is 610 Å². The van der Waals surface area contributed by atoms with E-state index in [0.717, 1.165) is 111 Å². The van der Waals surface area contributed by atoms with Crippen LogP contribution in [0.5, 0.6) is 23.0 Å². The van der Waals surface area contributed by atoms with Gasteiger partial charge in [0.1, 0.15) is 49.4 Å². The summed E-state index contributed by atoms with van der Waals surface area (Å²) in [4.78, 5) is 0. The van der Waals surface area contributed by atoms with Crippen LogP contribution >= 0.6 is 0 Å². The highest BCUT2D eigenvalue weighted by atomic mass is 16.5. The van der Waals surface area contributed by atoms with E-state index in [9.17, 15) is 21.0 Å². The first-order valence-corrected chi connectivity index (χ1v) is 35.0. The van der Waals surface area contributed by atoms with Gasteiger partial charge in [-0.15, -0.1) is 0 Å². The molecule has 0 aliphatic heterocycles. The summed E-state index contributed by atoms with van der Waals surface area (Å²) < 4.78 is 29.6. The summed E-state index contributed by atoms with van der Waals surface area (Å²) in [6.07, 6.45) is 8.44. The molecule has 13 rings (SSSR count). The van der Waals surface area contributed by atoms with Crippen LogP contribution in [0, 0.1) is 73.0 Å². The molecule has 1 aliphatic rings. The van der Waals surface area contributed by atoms with E-state index < -0.39 is 0 Å². The van der Waals surface area contributed by atoms with Crippen molar-refractivity contribution in [1.29, 1.82) is 21.0 Å². The second-order valence-corrected chi connectivity index (χ2v) is 26.6. The Morgan fingerprint density at radius 2 is 0.433 bits per heavy atom. The Bertz CT molecular complexity index is 4620. The van der Waals surface area contributed by atoms with Gasteiger partial charge in [-0.05, 0) is 212 Å². The lowest BCUT2D eigenvalue weighted by molar-refractivity contribution is 0.293. The lowest BCUT2D eigenvalue weighted by atomic mass is 9.86. The molecule has 12 aromatic rings. The van der Waals surface area contributed by atoms with Crippen molar-refractivity contribution in [3.05, 3.63) is 400 Å². The van der Waals surface area contributed by atoms with E-state index in [1.165, 1.54) is 0 Å². The second-order valence-electron chi connectivity index (χ2n) is 26.6. The fourth-order valence-electron chi connectivity index (χ4n) is 13.2. The van der Waals surface area contributed by atoms with Gasteiger partial charge in [0.25, 0.3) is 0 Å². The summed E-state index contributed by atoms with van der Waals surface area (Å²) in [7, 11) is 0. The quantitative estimate of drug-likeness (QED) is 0.0544. The van der Waals surface area contributed by atoms with Gasteiger partial charge < -0.3 is 18.9 Å². The topological polar surface area (TPSA) is 132 Å². The molecule has 504 valence electrons. The molecule has 0 spiro atoms. The SMILES string of the molecule is Cc1ccc(/C=C(\C#N)c2cc3c(OCc4ccccc4)c(c2)Cc2cc(/C(C#N)=C/c4ccc(C)cc4)cc(c2OCc2ccccc2)Cc2cc(/C(C#N)=C\c4ccc(C)cc4)cc(c2OCc2ccccc2)Cc2cc(/C(C#N)=C/c4ccc(C)cc4)cc(c2OCc2ccccc2)C3)cc1. The highest BCUT2D eigenvalue weighted by Gasteiger charge is 2.27. The van der Waals surface area contributed by atoms with Gasteiger partial charge in [-0.3, -0.25) is 0 Å². The number of nitrogens with zero attached hydrogens (tertiary/aromatic N) is 4. The fourth-order valence-corrected chi connectivity index (χ4v) is 13.2. The number of nitriles is 4. The smallest absolute Gasteiger partial charge is 0.126 e. The molecule has 104 heavy (non-hydrogen) atoms. The molecule has 0 amide bonds. The molecule has 8 nitrogen and oxygen atoms in total. The monoisotopic (exact) mass is 1350 g/mol. The van der Waals surface area contributed by atoms with Gasteiger partial charge in [-0.1, -0.05) is 241 Å². The first-order chi connectivity index (χ1) is 50.9. The predicted octanol–water partition coefficient (Wildman–Crippen LogP) is 22.2. The average Bonchev–Trinajstić information content (AvgIpc) is 0.763. The van der Waals surface area contributed by atoms with E-state index in [2.05, 4.69) is 72.8 Å². The summed E-state index contributed by atoms with van der Waals surface area (Å²) in [5, 5.41) is 46.2.